The molecular formula is C41H42Cl2N2O. The molecule has 0 amide bonds. The van der Waals surface area contributed by atoms with Gasteiger partial charge in [0, 0.05) is 37.3 Å². The van der Waals surface area contributed by atoms with Gasteiger partial charge in [-0.2, -0.15) is 0 Å². The molecule has 46 heavy (non-hydrogen) atoms. The van der Waals surface area contributed by atoms with Gasteiger partial charge in [-0.15, -0.1) is 0 Å². The fourth-order valence-corrected chi connectivity index (χ4v) is 5.89. The summed E-state index contributed by atoms with van der Waals surface area (Å²) in [5.41, 5.74) is 6.72. The van der Waals surface area contributed by atoms with Crippen molar-refractivity contribution in [3.05, 3.63) is 153 Å². The molecule has 0 heterocycles. The average molecular weight is 650 g/mol. The van der Waals surface area contributed by atoms with Gasteiger partial charge in [-0.05, 0) is 86.4 Å². The van der Waals surface area contributed by atoms with Crippen molar-refractivity contribution >= 4 is 64.7 Å². The maximum atomic E-state index is 14.5. The minimum Gasteiger partial charge on any atom is -0.371 e. The third-order valence-corrected chi connectivity index (χ3v) is 8.44. The van der Waals surface area contributed by atoms with Crippen LogP contribution >= 0.6 is 23.2 Å². The van der Waals surface area contributed by atoms with E-state index in [-0.39, 0.29) is 5.78 Å². The van der Waals surface area contributed by atoms with Crippen molar-refractivity contribution in [3.63, 3.8) is 0 Å². The Morgan fingerprint density at radius 1 is 0.543 bits per heavy atom. The van der Waals surface area contributed by atoms with Gasteiger partial charge in [0.25, 0.3) is 0 Å². The van der Waals surface area contributed by atoms with Crippen LogP contribution in [0.2, 0.25) is 10.0 Å². The number of nitrogens with zero attached hydrogens (tertiary/aromatic N) is 2. The van der Waals surface area contributed by atoms with E-state index in [0.29, 0.717) is 21.2 Å². The maximum absolute atomic E-state index is 14.5. The van der Waals surface area contributed by atoms with Crippen LogP contribution in [0.1, 0.15) is 49.9 Å². The molecule has 0 bridgehead atoms. The van der Waals surface area contributed by atoms with Gasteiger partial charge in [-0.25, -0.2) is 0 Å². The van der Waals surface area contributed by atoms with Crippen LogP contribution in [-0.4, -0.2) is 32.0 Å². The van der Waals surface area contributed by atoms with Crippen molar-refractivity contribution in [2.45, 2.75) is 27.7 Å². The fraction of sp³-hybridized carbons (Fsp3) is 0.195. The Kier molecular flexibility index (Phi) is 13.1. The maximum Gasteiger partial charge on any atom is 0.193 e. The number of hydrogen-bond acceptors (Lipinski definition) is 3. The number of anilines is 2. The van der Waals surface area contributed by atoms with Gasteiger partial charge in [0.15, 0.2) is 5.78 Å². The summed E-state index contributed by atoms with van der Waals surface area (Å²) in [6, 6.07) is 31.9. The van der Waals surface area contributed by atoms with E-state index in [1.807, 2.05) is 134 Å². The lowest BCUT2D eigenvalue weighted by molar-refractivity contribution is -0.111. The third kappa shape index (κ3) is 9.36. The molecule has 0 radical (unpaired) electrons. The highest BCUT2D eigenvalue weighted by molar-refractivity contribution is 6.34. The first kappa shape index (κ1) is 34.6. The lowest BCUT2D eigenvalue weighted by atomic mass is 9.96. The van der Waals surface area contributed by atoms with Crippen molar-refractivity contribution in [2.75, 3.05) is 36.0 Å². The standard InChI is InChI=1S/C41H42Cl2N2O/c1-5-44(6-2)39-25-21-33(29-37(39)42)27-35(23-19-31-15-11-9-12-16-31)41(46)36(24-20-32-17-13-10-14-18-32)28-34-22-26-40(38(43)30-34)45(7-3)8-4/h9-30H,5-8H2,1-4H3. The first-order valence-electron chi connectivity index (χ1n) is 15.9. The SMILES string of the molecule is CCN(CC)c1ccc(C=C(C=Cc2ccccc2)C(=O)C(C=Cc2ccccc2)=Cc2ccc(N(CC)CC)c(Cl)c2)cc1Cl. The van der Waals surface area contributed by atoms with E-state index in [2.05, 4.69) is 37.5 Å². The fourth-order valence-electron chi connectivity index (χ4n) is 5.27. The molecule has 3 nitrogen and oxygen atoms in total. The highest BCUT2D eigenvalue weighted by Crippen LogP contribution is 2.30. The Morgan fingerprint density at radius 3 is 1.24 bits per heavy atom. The second-order valence-electron chi connectivity index (χ2n) is 10.8. The minimum atomic E-state index is -0.118. The van der Waals surface area contributed by atoms with Crippen molar-refractivity contribution in [1.82, 2.24) is 0 Å². The van der Waals surface area contributed by atoms with E-state index in [4.69, 9.17) is 23.2 Å². The molecule has 0 unspecified atom stereocenters. The minimum absolute atomic E-state index is 0.118. The predicted octanol–water partition coefficient (Wildman–Crippen LogP) is 11.1. The first-order chi connectivity index (χ1) is 22.4. The molecule has 4 aromatic rings. The lowest BCUT2D eigenvalue weighted by Crippen LogP contribution is -2.22. The van der Waals surface area contributed by atoms with Crippen molar-refractivity contribution in [3.8, 4) is 0 Å². The van der Waals surface area contributed by atoms with Crippen LogP contribution in [0.5, 0.6) is 0 Å². The summed E-state index contributed by atoms with van der Waals surface area (Å²) in [4.78, 5) is 18.9. The Labute approximate surface area is 284 Å². The number of Topliss-reactive ketones (excluding diaryl/α,β-unsaturated/α-hetero) is 1. The highest BCUT2D eigenvalue weighted by atomic mass is 35.5. The van der Waals surface area contributed by atoms with Gasteiger partial charge >= 0.3 is 0 Å². The zero-order valence-electron chi connectivity index (χ0n) is 27.1. The molecule has 236 valence electrons. The summed E-state index contributed by atoms with van der Waals surface area (Å²) in [7, 11) is 0. The average Bonchev–Trinajstić information content (AvgIpc) is 3.08. The van der Waals surface area contributed by atoms with Crippen LogP contribution in [0.25, 0.3) is 24.3 Å². The molecule has 0 saturated carbocycles. The van der Waals surface area contributed by atoms with Crippen LogP contribution in [0.4, 0.5) is 11.4 Å². The van der Waals surface area contributed by atoms with Crippen LogP contribution < -0.4 is 9.80 Å². The van der Waals surface area contributed by atoms with Crippen molar-refractivity contribution < 1.29 is 4.79 Å². The molecular weight excluding hydrogens is 607 g/mol. The molecule has 0 saturated heterocycles. The molecule has 5 heteroatoms. The molecule has 0 fully saturated rings. The summed E-state index contributed by atoms with van der Waals surface area (Å²) in [6.45, 7) is 11.9. The zero-order chi connectivity index (χ0) is 32.9. The number of hydrogen-bond donors (Lipinski definition) is 0. The van der Waals surface area contributed by atoms with E-state index in [1.54, 1.807) is 0 Å². The Bertz CT molecular complexity index is 1590. The van der Waals surface area contributed by atoms with Crippen LogP contribution in [-0.2, 0) is 4.79 Å². The summed E-state index contributed by atoms with van der Waals surface area (Å²) in [6.07, 6.45) is 11.5. The molecule has 0 aliphatic rings. The normalized spacial score (nSPS) is 12.2. The monoisotopic (exact) mass is 648 g/mol. The highest BCUT2D eigenvalue weighted by Gasteiger charge is 2.15. The summed E-state index contributed by atoms with van der Waals surface area (Å²) in [5, 5.41) is 1.30. The third-order valence-electron chi connectivity index (χ3n) is 7.83. The Hall–Kier alpha value is -4.31. The Balaban J connectivity index is 1.82. The van der Waals surface area contributed by atoms with Gasteiger partial charge in [0.05, 0.1) is 21.4 Å². The van der Waals surface area contributed by atoms with Gasteiger partial charge < -0.3 is 9.80 Å². The van der Waals surface area contributed by atoms with E-state index < -0.39 is 0 Å². The van der Waals surface area contributed by atoms with Crippen LogP contribution in [0.3, 0.4) is 0 Å². The second kappa shape index (κ2) is 17.4. The number of carbonyl (C=O) groups excluding carboxylic acids is 1. The topological polar surface area (TPSA) is 23.6 Å². The van der Waals surface area contributed by atoms with Crippen molar-refractivity contribution in [1.29, 1.82) is 0 Å². The largest absolute Gasteiger partial charge is 0.371 e. The number of allylic oxidation sites excluding steroid dienone is 4. The van der Waals surface area contributed by atoms with Gasteiger partial charge in [0.2, 0.25) is 0 Å². The van der Waals surface area contributed by atoms with Gasteiger partial charge in [0.1, 0.15) is 0 Å². The number of rotatable bonds is 14. The van der Waals surface area contributed by atoms with E-state index >= 15 is 0 Å². The van der Waals surface area contributed by atoms with Crippen LogP contribution in [0, 0.1) is 0 Å². The molecule has 0 N–H and O–H groups in total. The number of ketones is 1. The molecule has 0 spiro atoms. The Morgan fingerprint density at radius 2 is 0.913 bits per heavy atom. The number of carbonyl (C=O) groups is 1. The quantitative estimate of drug-likeness (QED) is 0.100. The van der Waals surface area contributed by atoms with Crippen molar-refractivity contribution in [2.24, 2.45) is 0 Å². The second-order valence-corrected chi connectivity index (χ2v) is 11.6. The molecule has 0 atom stereocenters. The van der Waals surface area contributed by atoms with E-state index in [9.17, 15) is 4.79 Å². The number of halogens is 2. The summed E-state index contributed by atoms with van der Waals surface area (Å²) >= 11 is 13.5. The van der Waals surface area contributed by atoms with E-state index in [1.165, 1.54) is 0 Å². The summed E-state index contributed by atoms with van der Waals surface area (Å²) in [5.74, 6) is -0.118. The van der Waals surface area contributed by atoms with Gasteiger partial charge in [-0.3, -0.25) is 4.79 Å². The molecule has 0 aliphatic heterocycles. The molecule has 0 aromatic heterocycles. The van der Waals surface area contributed by atoms with Crippen LogP contribution in [0.15, 0.2) is 120 Å². The van der Waals surface area contributed by atoms with Gasteiger partial charge in [-0.1, -0.05) is 120 Å². The predicted molar refractivity (Wildman–Crippen MR) is 202 cm³/mol. The zero-order valence-corrected chi connectivity index (χ0v) is 28.6. The summed E-state index contributed by atoms with van der Waals surface area (Å²) < 4.78 is 0. The smallest absolute Gasteiger partial charge is 0.193 e. The lowest BCUT2D eigenvalue weighted by Gasteiger charge is -2.22. The first-order valence-corrected chi connectivity index (χ1v) is 16.7. The molecule has 4 rings (SSSR count). The molecule has 0 aliphatic carbocycles. The number of benzene rings is 4. The van der Waals surface area contributed by atoms with E-state index in [0.717, 1.165) is 59.8 Å². The molecule has 4 aromatic carbocycles.